The summed E-state index contributed by atoms with van der Waals surface area (Å²) >= 11 is 0. The number of aromatic amines is 1. The van der Waals surface area contributed by atoms with Crippen LogP contribution in [-0.4, -0.2) is 35.5 Å². The third-order valence-corrected chi connectivity index (χ3v) is 2.07. The van der Waals surface area contributed by atoms with Crippen LogP contribution in [0.2, 0.25) is 0 Å². The quantitative estimate of drug-likeness (QED) is 0.629. The van der Waals surface area contributed by atoms with Gasteiger partial charge < -0.3 is 4.90 Å². The fourth-order valence-electron chi connectivity index (χ4n) is 1.32. The van der Waals surface area contributed by atoms with Crippen LogP contribution in [0.4, 0.5) is 5.82 Å². The summed E-state index contributed by atoms with van der Waals surface area (Å²) in [5.74, 6) is 0.688. The Kier molecular flexibility index (Phi) is 3.00. The van der Waals surface area contributed by atoms with Crippen molar-refractivity contribution in [3.63, 3.8) is 0 Å². The minimum atomic E-state index is 0.688. The fraction of sp³-hybridized carbons (Fsp3) is 0.167. The summed E-state index contributed by atoms with van der Waals surface area (Å²) in [6.07, 6.45) is 1.73. The second-order valence-corrected chi connectivity index (χ2v) is 3.71. The van der Waals surface area contributed by atoms with Crippen LogP contribution >= 0.6 is 0 Å². The van der Waals surface area contributed by atoms with E-state index in [9.17, 15) is 0 Å². The molecule has 0 aliphatic heterocycles. The van der Waals surface area contributed by atoms with Crippen LogP contribution in [0.25, 0.3) is 11.3 Å². The summed E-state index contributed by atoms with van der Waals surface area (Å²) in [4.78, 5) is 6.08. The first-order valence-electron chi connectivity index (χ1n) is 5.07. The summed E-state index contributed by atoms with van der Waals surface area (Å²) in [5, 5.41) is 7.08. The number of hydrogen-bond donors (Lipinski definition) is 1. The third-order valence-electron chi connectivity index (χ3n) is 2.07. The van der Waals surface area contributed by atoms with Crippen molar-refractivity contribution in [2.75, 3.05) is 14.1 Å². The molecule has 0 spiro atoms. The predicted molar refractivity (Wildman–Crippen MR) is 65.9 cm³/mol. The van der Waals surface area contributed by atoms with Crippen LogP contribution < -0.4 is 0 Å². The van der Waals surface area contributed by atoms with Crippen LogP contribution in [0.3, 0.4) is 0 Å². The van der Waals surface area contributed by atoms with Crippen LogP contribution in [0.15, 0.2) is 41.4 Å². The van der Waals surface area contributed by atoms with E-state index in [2.05, 4.69) is 15.2 Å². The summed E-state index contributed by atoms with van der Waals surface area (Å²) in [7, 11) is 3.85. The first-order valence-corrected chi connectivity index (χ1v) is 5.07. The molecule has 4 heteroatoms. The Labute approximate surface area is 94.6 Å². The second-order valence-electron chi connectivity index (χ2n) is 3.71. The van der Waals surface area contributed by atoms with Crippen molar-refractivity contribution in [1.82, 2.24) is 15.1 Å². The Balaban J connectivity index is 2.20. The zero-order valence-electron chi connectivity index (χ0n) is 9.38. The molecule has 0 radical (unpaired) electrons. The topological polar surface area (TPSA) is 44.3 Å². The second kappa shape index (κ2) is 4.61. The number of aliphatic imine (C=N–C) groups is 1. The summed E-state index contributed by atoms with van der Waals surface area (Å²) in [5.41, 5.74) is 2.09. The first kappa shape index (κ1) is 10.4. The Morgan fingerprint density at radius 1 is 1.25 bits per heavy atom. The lowest BCUT2D eigenvalue weighted by molar-refractivity contribution is 0.643. The van der Waals surface area contributed by atoms with Crippen molar-refractivity contribution < 1.29 is 0 Å². The minimum Gasteiger partial charge on any atom is -0.369 e. The number of H-pyrrole nitrogens is 1. The first-order chi connectivity index (χ1) is 7.75. The lowest BCUT2D eigenvalue weighted by Crippen LogP contribution is -2.06. The van der Waals surface area contributed by atoms with Crippen LogP contribution in [0.1, 0.15) is 0 Å². The van der Waals surface area contributed by atoms with Gasteiger partial charge in [-0.05, 0) is 5.56 Å². The van der Waals surface area contributed by atoms with Gasteiger partial charge >= 0.3 is 0 Å². The van der Waals surface area contributed by atoms with Crippen molar-refractivity contribution in [2.45, 2.75) is 0 Å². The number of nitrogens with zero attached hydrogens (tertiary/aromatic N) is 3. The van der Waals surface area contributed by atoms with Crippen LogP contribution in [0.5, 0.6) is 0 Å². The maximum absolute atomic E-state index is 4.21. The molecule has 0 fully saturated rings. The summed E-state index contributed by atoms with van der Waals surface area (Å²) < 4.78 is 0. The van der Waals surface area contributed by atoms with Gasteiger partial charge in [-0.1, -0.05) is 30.3 Å². The minimum absolute atomic E-state index is 0.688. The molecule has 2 aromatic rings. The summed E-state index contributed by atoms with van der Waals surface area (Å²) in [6, 6.07) is 12.0. The Hall–Kier alpha value is -2.10. The van der Waals surface area contributed by atoms with Crippen molar-refractivity contribution in [3.8, 4) is 11.3 Å². The van der Waals surface area contributed by atoms with E-state index >= 15 is 0 Å². The van der Waals surface area contributed by atoms with E-state index in [4.69, 9.17) is 0 Å². The summed E-state index contributed by atoms with van der Waals surface area (Å²) in [6.45, 7) is 0. The van der Waals surface area contributed by atoms with Gasteiger partial charge in [0.15, 0.2) is 5.82 Å². The maximum Gasteiger partial charge on any atom is 0.175 e. The van der Waals surface area contributed by atoms with Gasteiger partial charge in [0, 0.05) is 20.2 Å². The van der Waals surface area contributed by atoms with Crippen LogP contribution in [-0.2, 0) is 0 Å². The van der Waals surface area contributed by atoms with Gasteiger partial charge in [-0.15, -0.1) is 0 Å². The van der Waals surface area contributed by atoms with Gasteiger partial charge in [-0.25, -0.2) is 4.99 Å². The lowest BCUT2D eigenvalue weighted by Gasteiger charge is -1.99. The molecule has 1 aromatic carbocycles. The molecule has 0 saturated carbocycles. The van der Waals surface area contributed by atoms with Gasteiger partial charge in [0.05, 0.1) is 12.0 Å². The standard InChI is InChI=1S/C12H14N4/c1-16(2)9-13-12-8-11(14-15-12)10-6-4-3-5-7-10/h3-9H,1-2H3,(H,14,15). The molecule has 0 saturated heterocycles. The van der Waals surface area contributed by atoms with Crippen molar-refractivity contribution >= 4 is 12.2 Å². The van der Waals surface area contributed by atoms with E-state index in [1.807, 2.05) is 55.4 Å². The molecule has 1 aromatic heterocycles. The van der Waals surface area contributed by atoms with Crippen molar-refractivity contribution in [3.05, 3.63) is 36.4 Å². The average Bonchev–Trinajstić information content (AvgIpc) is 2.76. The van der Waals surface area contributed by atoms with E-state index < -0.39 is 0 Å². The highest BCUT2D eigenvalue weighted by molar-refractivity contribution is 5.64. The van der Waals surface area contributed by atoms with Crippen molar-refractivity contribution in [2.24, 2.45) is 4.99 Å². The molecular weight excluding hydrogens is 200 g/mol. The largest absolute Gasteiger partial charge is 0.369 e. The number of benzene rings is 1. The molecule has 82 valence electrons. The molecule has 0 aliphatic rings. The number of nitrogens with one attached hydrogen (secondary N) is 1. The van der Waals surface area contributed by atoms with E-state index in [-0.39, 0.29) is 0 Å². The van der Waals surface area contributed by atoms with Gasteiger partial charge in [0.25, 0.3) is 0 Å². The van der Waals surface area contributed by atoms with Crippen LogP contribution in [0, 0.1) is 0 Å². The van der Waals surface area contributed by atoms with E-state index in [1.54, 1.807) is 6.34 Å². The van der Waals surface area contributed by atoms with E-state index in [1.165, 1.54) is 0 Å². The highest BCUT2D eigenvalue weighted by Gasteiger charge is 2.00. The molecule has 0 aliphatic carbocycles. The zero-order chi connectivity index (χ0) is 11.4. The molecule has 0 bridgehead atoms. The molecule has 1 heterocycles. The highest BCUT2D eigenvalue weighted by atomic mass is 15.2. The highest BCUT2D eigenvalue weighted by Crippen LogP contribution is 2.20. The fourth-order valence-corrected chi connectivity index (χ4v) is 1.32. The molecular formula is C12H14N4. The lowest BCUT2D eigenvalue weighted by atomic mass is 10.2. The molecule has 0 amide bonds. The normalized spacial score (nSPS) is 10.9. The van der Waals surface area contributed by atoms with E-state index in [0.717, 1.165) is 11.3 Å². The SMILES string of the molecule is CN(C)C=Nc1cc(-c2ccccc2)[nH]n1. The van der Waals surface area contributed by atoms with Gasteiger partial charge in [-0.2, -0.15) is 5.10 Å². The molecule has 0 unspecified atom stereocenters. The van der Waals surface area contributed by atoms with Crippen molar-refractivity contribution in [1.29, 1.82) is 0 Å². The third kappa shape index (κ3) is 2.48. The van der Waals surface area contributed by atoms with Gasteiger partial charge in [0.2, 0.25) is 0 Å². The molecule has 1 N–H and O–H groups in total. The van der Waals surface area contributed by atoms with E-state index in [0.29, 0.717) is 5.82 Å². The van der Waals surface area contributed by atoms with Gasteiger partial charge in [-0.3, -0.25) is 5.10 Å². The Morgan fingerprint density at radius 3 is 2.69 bits per heavy atom. The molecule has 4 nitrogen and oxygen atoms in total. The predicted octanol–water partition coefficient (Wildman–Crippen LogP) is 2.30. The monoisotopic (exact) mass is 214 g/mol. The number of aromatic nitrogens is 2. The molecule has 0 atom stereocenters. The van der Waals surface area contributed by atoms with Gasteiger partial charge in [0.1, 0.15) is 0 Å². The maximum atomic E-state index is 4.21. The number of hydrogen-bond acceptors (Lipinski definition) is 2. The zero-order valence-corrected chi connectivity index (χ0v) is 9.38. The average molecular weight is 214 g/mol. The number of rotatable bonds is 3. The Morgan fingerprint density at radius 2 is 2.00 bits per heavy atom. The molecule has 16 heavy (non-hydrogen) atoms. The molecule has 2 rings (SSSR count). The Bertz CT molecular complexity index is 471. The smallest absolute Gasteiger partial charge is 0.175 e.